The summed E-state index contributed by atoms with van der Waals surface area (Å²) >= 11 is 0. The average molecular weight is 219 g/mol. The van der Waals surface area contributed by atoms with Gasteiger partial charge in [-0.2, -0.15) is 0 Å². The van der Waals surface area contributed by atoms with E-state index < -0.39 is 11.5 Å². The molecule has 86 valence electrons. The Bertz CT molecular complexity index is 390. The molecule has 1 aromatic rings. The molecular weight excluding hydrogens is 202 g/mol. The van der Waals surface area contributed by atoms with Crippen LogP contribution >= 0.6 is 0 Å². The van der Waals surface area contributed by atoms with Crippen molar-refractivity contribution < 1.29 is 9.90 Å². The number of nitrogens with two attached hydrogens (primary N) is 1. The van der Waals surface area contributed by atoms with E-state index in [1.165, 1.54) is 5.56 Å². The maximum Gasteiger partial charge on any atom is 0.305 e. The van der Waals surface area contributed by atoms with Crippen molar-refractivity contribution in [2.24, 2.45) is 11.7 Å². The summed E-state index contributed by atoms with van der Waals surface area (Å²) in [7, 11) is 0. The van der Waals surface area contributed by atoms with Crippen LogP contribution in [-0.4, -0.2) is 16.6 Å². The highest BCUT2D eigenvalue weighted by Crippen LogP contribution is 2.49. The van der Waals surface area contributed by atoms with Crippen molar-refractivity contribution in [3.8, 4) is 0 Å². The fraction of sp³-hybridized carbons (Fsp3) is 0.462. The molecule has 3 N–H and O–H groups in total. The summed E-state index contributed by atoms with van der Waals surface area (Å²) in [4.78, 5) is 10.7. The summed E-state index contributed by atoms with van der Waals surface area (Å²) in [5.41, 5.74) is 6.84. The van der Waals surface area contributed by atoms with Gasteiger partial charge in [0.05, 0.1) is 6.42 Å². The molecular formula is C13H17NO2. The molecule has 1 aromatic carbocycles. The van der Waals surface area contributed by atoms with Crippen LogP contribution in [0.3, 0.4) is 0 Å². The van der Waals surface area contributed by atoms with Gasteiger partial charge in [-0.1, -0.05) is 37.3 Å². The molecule has 0 saturated heterocycles. The molecule has 3 atom stereocenters. The Morgan fingerprint density at radius 1 is 1.50 bits per heavy atom. The molecule has 16 heavy (non-hydrogen) atoms. The summed E-state index contributed by atoms with van der Waals surface area (Å²) < 4.78 is 0. The molecule has 3 heteroatoms. The number of aliphatic carboxylic acids is 1. The lowest BCUT2D eigenvalue weighted by atomic mass is 9.57. The standard InChI is InChI=1S/C13H17NO2/c1-9-11(10-5-3-2-4-6-10)7-13(9,14)8-12(15)16/h2-6,9,11H,7-8,14H2,1H3,(H,15,16). The highest BCUT2D eigenvalue weighted by atomic mass is 16.4. The van der Waals surface area contributed by atoms with Crippen LogP contribution in [0, 0.1) is 5.92 Å². The van der Waals surface area contributed by atoms with Gasteiger partial charge in [0.1, 0.15) is 0 Å². The Morgan fingerprint density at radius 2 is 2.12 bits per heavy atom. The summed E-state index contributed by atoms with van der Waals surface area (Å²) in [5, 5.41) is 8.81. The normalized spacial score (nSPS) is 33.1. The first-order chi connectivity index (χ1) is 7.53. The van der Waals surface area contributed by atoms with Crippen molar-refractivity contribution in [1.82, 2.24) is 0 Å². The topological polar surface area (TPSA) is 63.3 Å². The van der Waals surface area contributed by atoms with Crippen LogP contribution < -0.4 is 5.73 Å². The van der Waals surface area contributed by atoms with E-state index in [9.17, 15) is 4.79 Å². The molecule has 3 nitrogen and oxygen atoms in total. The van der Waals surface area contributed by atoms with Gasteiger partial charge < -0.3 is 10.8 Å². The minimum absolute atomic E-state index is 0.0670. The molecule has 1 fully saturated rings. The number of rotatable bonds is 3. The molecule has 0 radical (unpaired) electrons. The second kappa shape index (κ2) is 3.91. The van der Waals surface area contributed by atoms with E-state index >= 15 is 0 Å². The van der Waals surface area contributed by atoms with Crippen LogP contribution in [0.2, 0.25) is 0 Å². The van der Waals surface area contributed by atoms with Crippen molar-refractivity contribution in [2.45, 2.75) is 31.2 Å². The zero-order chi connectivity index (χ0) is 11.8. The number of carbonyl (C=O) groups is 1. The van der Waals surface area contributed by atoms with E-state index in [0.29, 0.717) is 5.92 Å². The van der Waals surface area contributed by atoms with Crippen molar-refractivity contribution in [3.05, 3.63) is 35.9 Å². The van der Waals surface area contributed by atoms with Crippen LogP contribution in [0.1, 0.15) is 31.2 Å². The van der Waals surface area contributed by atoms with Gasteiger partial charge in [-0.3, -0.25) is 4.79 Å². The second-order valence-electron chi connectivity index (χ2n) is 4.81. The number of hydrogen-bond acceptors (Lipinski definition) is 2. The number of carboxylic acids is 1. The van der Waals surface area contributed by atoms with Gasteiger partial charge in [-0.25, -0.2) is 0 Å². The van der Waals surface area contributed by atoms with Gasteiger partial charge in [-0.15, -0.1) is 0 Å². The van der Waals surface area contributed by atoms with Crippen molar-refractivity contribution in [1.29, 1.82) is 0 Å². The Balaban J connectivity index is 2.07. The van der Waals surface area contributed by atoms with Gasteiger partial charge in [0, 0.05) is 5.54 Å². The Kier molecular flexibility index (Phi) is 2.72. The molecule has 0 bridgehead atoms. The third-order valence-electron chi connectivity index (χ3n) is 3.82. The minimum Gasteiger partial charge on any atom is -0.481 e. The Labute approximate surface area is 95.3 Å². The van der Waals surface area contributed by atoms with Gasteiger partial charge >= 0.3 is 5.97 Å². The van der Waals surface area contributed by atoms with Crippen molar-refractivity contribution in [2.75, 3.05) is 0 Å². The van der Waals surface area contributed by atoms with Crippen molar-refractivity contribution >= 4 is 5.97 Å². The average Bonchev–Trinajstić information content (AvgIpc) is 2.26. The predicted molar refractivity (Wildman–Crippen MR) is 62.1 cm³/mol. The Morgan fingerprint density at radius 3 is 2.62 bits per heavy atom. The smallest absolute Gasteiger partial charge is 0.305 e. The third kappa shape index (κ3) is 1.83. The minimum atomic E-state index is -0.805. The van der Waals surface area contributed by atoms with Crippen LogP contribution in [0.15, 0.2) is 30.3 Å². The fourth-order valence-corrected chi connectivity index (χ4v) is 2.63. The molecule has 1 aliphatic carbocycles. The number of hydrogen-bond donors (Lipinski definition) is 2. The van der Waals surface area contributed by atoms with Crippen LogP contribution in [-0.2, 0) is 4.79 Å². The number of benzene rings is 1. The monoisotopic (exact) mass is 219 g/mol. The lowest BCUT2D eigenvalue weighted by Gasteiger charge is -2.51. The number of carboxylic acid groups (broad SMARTS) is 1. The highest BCUT2D eigenvalue weighted by Gasteiger charge is 2.49. The molecule has 0 amide bonds. The predicted octanol–water partition coefficient (Wildman–Crippen LogP) is 1.98. The molecule has 1 aliphatic rings. The molecule has 0 aliphatic heterocycles. The lowest BCUT2D eigenvalue weighted by molar-refractivity contribution is -0.140. The molecule has 3 unspecified atom stereocenters. The molecule has 0 spiro atoms. The van der Waals surface area contributed by atoms with E-state index in [0.717, 1.165) is 6.42 Å². The first kappa shape index (κ1) is 11.1. The van der Waals surface area contributed by atoms with Gasteiger partial charge in [0.25, 0.3) is 0 Å². The summed E-state index contributed by atoms with van der Waals surface area (Å²) in [6.07, 6.45) is 0.835. The van der Waals surface area contributed by atoms with Gasteiger partial charge in [0.2, 0.25) is 0 Å². The summed E-state index contributed by atoms with van der Waals surface area (Å²) in [6, 6.07) is 10.2. The zero-order valence-electron chi connectivity index (χ0n) is 9.39. The van der Waals surface area contributed by atoms with E-state index in [2.05, 4.69) is 12.1 Å². The van der Waals surface area contributed by atoms with E-state index in [4.69, 9.17) is 10.8 Å². The second-order valence-corrected chi connectivity index (χ2v) is 4.81. The largest absolute Gasteiger partial charge is 0.481 e. The highest BCUT2D eigenvalue weighted by molar-refractivity contribution is 5.69. The molecule has 2 rings (SSSR count). The fourth-order valence-electron chi connectivity index (χ4n) is 2.63. The van der Waals surface area contributed by atoms with Crippen LogP contribution in [0.4, 0.5) is 0 Å². The lowest BCUT2D eigenvalue weighted by Crippen LogP contribution is -2.59. The molecule has 0 heterocycles. The Hall–Kier alpha value is -1.35. The zero-order valence-corrected chi connectivity index (χ0v) is 9.39. The maximum atomic E-state index is 10.7. The van der Waals surface area contributed by atoms with Gasteiger partial charge in [-0.05, 0) is 23.8 Å². The summed E-state index contributed by atoms with van der Waals surface area (Å²) in [6.45, 7) is 2.05. The van der Waals surface area contributed by atoms with Gasteiger partial charge in [0.15, 0.2) is 0 Å². The van der Waals surface area contributed by atoms with E-state index in [1.54, 1.807) is 0 Å². The summed E-state index contributed by atoms with van der Waals surface area (Å²) in [5.74, 6) is -0.169. The first-order valence-corrected chi connectivity index (χ1v) is 5.58. The van der Waals surface area contributed by atoms with E-state index in [1.807, 2.05) is 25.1 Å². The van der Waals surface area contributed by atoms with Crippen LogP contribution in [0.5, 0.6) is 0 Å². The maximum absolute atomic E-state index is 10.7. The quantitative estimate of drug-likeness (QED) is 0.817. The van der Waals surface area contributed by atoms with Crippen molar-refractivity contribution in [3.63, 3.8) is 0 Å². The molecule has 0 aromatic heterocycles. The first-order valence-electron chi connectivity index (χ1n) is 5.58. The third-order valence-corrected chi connectivity index (χ3v) is 3.82. The van der Waals surface area contributed by atoms with E-state index in [-0.39, 0.29) is 12.3 Å². The molecule has 1 saturated carbocycles. The SMILES string of the molecule is CC1C(c2ccccc2)CC1(N)CC(=O)O. The van der Waals surface area contributed by atoms with Crippen LogP contribution in [0.25, 0.3) is 0 Å².